The topological polar surface area (TPSA) is 51.2 Å². The van der Waals surface area contributed by atoms with Crippen molar-refractivity contribution >= 4 is 17.2 Å². The Morgan fingerprint density at radius 2 is 2.00 bits per heavy atom. The van der Waals surface area contributed by atoms with Crippen molar-refractivity contribution in [2.45, 2.75) is 45.2 Å². The van der Waals surface area contributed by atoms with E-state index in [0.717, 1.165) is 87.0 Å². The summed E-state index contributed by atoms with van der Waals surface area (Å²) in [6.07, 6.45) is 4.10. The third-order valence-corrected chi connectivity index (χ3v) is 7.40. The fourth-order valence-electron chi connectivity index (χ4n) is 4.54. The normalized spacial score (nSPS) is 19.7. The van der Waals surface area contributed by atoms with Crippen LogP contribution in [0.25, 0.3) is 0 Å². The van der Waals surface area contributed by atoms with Crippen LogP contribution in [0.1, 0.15) is 46.5 Å². The number of hydrogen-bond donors (Lipinski definition) is 0. The maximum Gasteiger partial charge on any atom is 0.264 e. The van der Waals surface area contributed by atoms with Gasteiger partial charge in [0.05, 0.1) is 31.8 Å². The summed E-state index contributed by atoms with van der Waals surface area (Å²) < 4.78 is 17.2. The number of benzene rings is 1. The lowest BCUT2D eigenvalue weighted by Crippen LogP contribution is -2.44. The highest BCUT2D eigenvalue weighted by Gasteiger charge is 2.28. The zero-order chi connectivity index (χ0) is 22.3. The Kier molecular flexibility index (Phi) is 8.05. The molecule has 1 aromatic carbocycles. The highest BCUT2D eigenvalue weighted by Crippen LogP contribution is 2.30. The standard InChI is InChI=1S/C25H34N2O4S/c1-19-9-16-32-24(19)25(28)27-10-4-3-5-21(27)8-13-31-23-17-20(6-7-22(23)29-2)18-26-11-14-30-15-12-26/h6-7,9,16-17,21H,3-5,8,10-15,18H2,1-2H3/t21-/m0/s1. The molecule has 3 heterocycles. The maximum absolute atomic E-state index is 13.1. The predicted octanol–water partition coefficient (Wildman–Crippen LogP) is 4.36. The van der Waals surface area contributed by atoms with E-state index in [1.54, 1.807) is 18.4 Å². The first kappa shape index (κ1) is 23.1. The minimum Gasteiger partial charge on any atom is -0.493 e. The van der Waals surface area contributed by atoms with E-state index in [-0.39, 0.29) is 11.9 Å². The third kappa shape index (κ3) is 5.63. The molecular weight excluding hydrogens is 424 g/mol. The molecule has 0 saturated carbocycles. The quantitative estimate of drug-likeness (QED) is 0.588. The molecule has 0 N–H and O–H groups in total. The van der Waals surface area contributed by atoms with Crippen LogP contribution >= 0.6 is 11.3 Å². The first-order chi connectivity index (χ1) is 15.7. The number of rotatable bonds is 8. The van der Waals surface area contributed by atoms with E-state index in [0.29, 0.717) is 6.61 Å². The zero-order valence-corrected chi connectivity index (χ0v) is 20.0. The summed E-state index contributed by atoms with van der Waals surface area (Å²) in [5.74, 6) is 1.70. The van der Waals surface area contributed by atoms with Gasteiger partial charge in [-0.05, 0) is 60.9 Å². The lowest BCUT2D eigenvalue weighted by molar-refractivity contribution is 0.0341. The number of carbonyl (C=O) groups is 1. The number of morpholine rings is 1. The predicted molar refractivity (Wildman–Crippen MR) is 127 cm³/mol. The molecule has 1 amide bonds. The summed E-state index contributed by atoms with van der Waals surface area (Å²) in [6, 6.07) is 8.43. The molecule has 1 aromatic heterocycles. The highest BCUT2D eigenvalue weighted by molar-refractivity contribution is 7.12. The Hall–Kier alpha value is -2.09. The molecule has 0 spiro atoms. The van der Waals surface area contributed by atoms with E-state index >= 15 is 0 Å². The van der Waals surface area contributed by atoms with Crippen LogP contribution < -0.4 is 9.47 Å². The molecule has 4 rings (SSSR count). The van der Waals surface area contributed by atoms with Crippen molar-refractivity contribution in [2.75, 3.05) is 46.6 Å². The van der Waals surface area contributed by atoms with Gasteiger partial charge in [0.25, 0.3) is 5.91 Å². The molecule has 2 aliphatic rings. The number of methoxy groups -OCH3 is 1. The zero-order valence-electron chi connectivity index (χ0n) is 19.2. The first-order valence-electron chi connectivity index (χ1n) is 11.6. The molecule has 6 nitrogen and oxygen atoms in total. The van der Waals surface area contributed by atoms with E-state index in [1.807, 2.05) is 24.4 Å². The molecule has 2 aliphatic heterocycles. The van der Waals surface area contributed by atoms with Gasteiger partial charge in [-0.3, -0.25) is 9.69 Å². The van der Waals surface area contributed by atoms with Gasteiger partial charge in [0.15, 0.2) is 11.5 Å². The minimum absolute atomic E-state index is 0.173. The van der Waals surface area contributed by atoms with Crippen molar-refractivity contribution in [1.29, 1.82) is 0 Å². The molecule has 0 unspecified atom stereocenters. The van der Waals surface area contributed by atoms with Gasteiger partial charge in [0.2, 0.25) is 0 Å². The average Bonchev–Trinajstić information content (AvgIpc) is 3.26. The van der Waals surface area contributed by atoms with Crippen LogP contribution in [0.15, 0.2) is 29.6 Å². The van der Waals surface area contributed by atoms with Crippen LogP contribution in [-0.2, 0) is 11.3 Å². The van der Waals surface area contributed by atoms with Crippen molar-refractivity contribution in [2.24, 2.45) is 0 Å². The molecule has 7 heteroatoms. The summed E-state index contributed by atoms with van der Waals surface area (Å²) in [7, 11) is 1.68. The number of nitrogens with zero attached hydrogens (tertiary/aromatic N) is 2. The van der Waals surface area contributed by atoms with E-state index in [1.165, 1.54) is 5.56 Å². The Balaban J connectivity index is 1.37. The molecule has 174 valence electrons. The second-order valence-electron chi connectivity index (χ2n) is 8.59. The summed E-state index contributed by atoms with van der Waals surface area (Å²) in [6.45, 7) is 7.79. The van der Waals surface area contributed by atoms with Crippen molar-refractivity contribution in [3.8, 4) is 11.5 Å². The molecule has 0 bridgehead atoms. The lowest BCUT2D eigenvalue weighted by atomic mass is 9.99. The summed E-state index contributed by atoms with van der Waals surface area (Å²) >= 11 is 1.54. The van der Waals surface area contributed by atoms with Gasteiger partial charge in [-0.15, -0.1) is 11.3 Å². The maximum atomic E-state index is 13.1. The fraction of sp³-hybridized carbons (Fsp3) is 0.560. The number of carbonyl (C=O) groups excluding carboxylic acids is 1. The number of likely N-dealkylation sites (tertiary alicyclic amines) is 1. The molecule has 32 heavy (non-hydrogen) atoms. The largest absolute Gasteiger partial charge is 0.493 e. The Morgan fingerprint density at radius 1 is 1.16 bits per heavy atom. The Bertz CT molecular complexity index is 894. The SMILES string of the molecule is COc1ccc(CN2CCOCC2)cc1OCC[C@@H]1CCCCN1C(=O)c1sccc1C. The van der Waals surface area contributed by atoms with Gasteiger partial charge in [-0.1, -0.05) is 6.07 Å². The van der Waals surface area contributed by atoms with Crippen LogP contribution in [0.4, 0.5) is 0 Å². The van der Waals surface area contributed by atoms with E-state index in [9.17, 15) is 4.79 Å². The van der Waals surface area contributed by atoms with Crippen LogP contribution in [0.5, 0.6) is 11.5 Å². The fourth-order valence-corrected chi connectivity index (χ4v) is 5.43. The van der Waals surface area contributed by atoms with Crippen molar-refractivity contribution < 1.29 is 19.0 Å². The smallest absolute Gasteiger partial charge is 0.264 e. The van der Waals surface area contributed by atoms with Crippen LogP contribution in [0, 0.1) is 6.92 Å². The van der Waals surface area contributed by atoms with Gasteiger partial charge >= 0.3 is 0 Å². The summed E-state index contributed by atoms with van der Waals surface area (Å²) in [5, 5.41) is 2.00. The van der Waals surface area contributed by atoms with Crippen molar-refractivity contribution in [1.82, 2.24) is 9.80 Å². The Labute approximate surface area is 195 Å². The molecule has 2 fully saturated rings. The van der Waals surface area contributed by atoms with E-state index in [2.05, 4.69) is 21.9 Å². The lowest BCUT2D eigenvalue weighted by Gasteiger charge is -2.35. The number of amides is 1. The van der Waals surface area contributed by atoms with Crippen LogP contribution in [0.2, 0.25) is 0 Å². The van der Waals surface area contributed by atoms with Crippen LogP contribution in [-0.4, -0.2) is 68.3 Å². The number of ether oxygens (including phenoxy) is 3. The van der Waals surface area contributed by atoms with Gasteiger partial charge < -0.3 is 19.1 Å². The van der Waals surface area contributed by atoms with Gasteiger partial charge in [0, 0.05) is 38.6 Å². The molecule has 2 saturated heterocycles. The average molecular weight is 459 g/mol. The molecule has 2 aromatic rings. The third-order valence-electron chi connectivity index (χ3n) is 6.39. The summed E-state index contributed by atoms with van der Waals surface area (Å²) in [5.41, 5.74) is 2.28. The minimum atomic E-state index is 0.173. The van der Waals surface area contributed by atoms with Crippen molar-refractivity contribution in [3.05, 3.63) is 45.6 Å². The number of thiophene rings is 1. The molecule has 0 aliphatic carbocycles. The molecule has 1 atom stereocenters. The van der Waals surface area contributed by atoms with E-state index in [4.69, 9.17) is 14.2 Å². The van der Waals surface area contributed by atoms with Crippen LogP contribution in [0.3, 0.4) is 0 Å². The number of piperidine rings is 1. The van der Waals surface area contributed by atoms with Gasteiger partial charge in [-0.25, -0.2) is 0 Å². The molecule has 0 radical (unpaired) electrons. The Morgan fingerprint density at radius 3 is 2.75 bits per heavy atom. The highest BCUT2D eigenvalue weighted by atomic mass is 32.1. The van der Waals surface area contributed by atoms with Gasteiger partial charge in [-0.2, -0.15) is 0 Å². The molecular formula is C25H34N2O4S. The van der Waals surface area contributed by atoms with Gasteiger partial charge in [0.1, 0.15) is 0 Å². The monoisotopic (exact) mass is 458 g/mol. The van der Waals surface area contributed by atoms with E-state index < -0.39 is 0 Å². The van der Waals surface area contributed by atoms with Crippen molar-refractivity contribution in [3.63, 3.8) is 0 Å². The number of hydrogen-bond acceptors (Lipinski definition) is 6. The second kappa shape index (κ2) is 11.2. The first-order valence-corrected chi connectivity index (χ1v) is 12.5. The second-order valence-corrected chi connectivity index (χ2v) is 9.51. The summed E-state index contributed by atoms with van der Waals surface area (Å²) in [4.78, 5) is 18.5. The number of aryl methyl sites for hydroxylation is 1.